The second kappa shape index (κ2) is 8.60. The Kier molecular flexibility index (Phi) is 5.90. The summed E-state index contributed by atoms with van der Waals surface area (Å²) in [6.45, 7) is 4.72. The van der Waals surface area contributed by atoms with Crippen molar-refractivity contribution in [3.05, 3.63) is 65.6 Å². The van der Waals surface area contributed by atoms with Gasteiger partial charge in [-0.1, -0.05) is 0 Å². The molecule has 1 fully saturated rings. The summed E-state index contributed by atoms with van der Waals surface area (Å²) in [6.07, 6.45) is 0.0952. The predicted octanol–water partition coefficient (Wildman–Crippen LogP) is 5.04. The number of rotatable bonds is 5. The van der Waals surface area contributed by atoms with Crippen LogP contribution >= 0.6 is 0 Å². The van der Waals surface area contributed by atoms with Crippen molar-refractivity contribution in [2.24, 2.45) is 0 Å². The van der Waals surface area contributed by atoms with Crippen LogP contribution in [0.2, 0.25) is 0 Å². The molecule has 7 heteroatoms. The summed E-state index contributed by atoms with van der Waals surface area (Å²) in [7, 11) is 0. The van der Waals surface area contributed by atoms with Crippen molar-refractivity contribution < 1.29 is 17.9 Å². The Balaban J connectivity index is 1.26. The Morgan fingerprint density at radius 3 is 2.47 bits per heavy atom. The van der Waals surface area contributed by atoms with E-state index < -0.39 is 11.7 Å². The minimum atomic E-state index is -4.32. The maximum absolute atomic E-state index is 12.7. The van der Waals surface area contributed by atoms with Gasteiger partial charge in [-0.05, 0) is 62.2 Å². The van der Waals surface area contributed by atoms with Crippen LogP contribution in [0.4, 0.5) is 13.2 Å². The first kappa shape index (κ1) is 20.6. The molecule has 3 heterocycles. The molecule has 30 heavy (non-hydrogen) atoms. The third kappa shape index (κ3) is 4.90. The zero-order valence-electron chi connectivity index (χ0n) is 16.8. The zero-order valence-corrected chi connectivity index (χ0v) is 16.8. The topological polar surface area (TPSA) is 38.2 Å². The summed E-state index contributed by atoms with van der Waals surface area (Å²) in [5, 5.41) is 1.09. The second-order valence-corrected chi connectivity index (χ2v) is 7.70. The minimum absolute atomic E-state index is 0.0345. The number of hydrogen-bond acceptors (Lipinski definition) is 4. The smallest absolute Gasteiger partial charge is 0.416 e. The summed E-state index contributed by atoms with van der Waals surface area (Å²) in [6, 6.07) is 11.0. The highest BCUT2D eigenvalue weighted by Gasteiger charge is 2.30. The summed E-state index contributed by atoms with van der Waals surface area (Å²) in [5.74, 6) is 0.492. The van der Waals surface area contributed by atoms with Crippen LogP contribution in [0, 0.1) is 6.92 Å². The molecule has 1 saturated heterocycles. The first-order chi connectivity index (χ1) is 14.4. The molecule has 1 aliphatic rings. The lowest BCUT2D eigenvalue weighted by atomic mass is 10.1. The van der Waals surface area contributed by atoms with E-state index in [1.165, 1.54) is 12.1 Å². The number of ether oxygens (including phenoxy) is 1. The first-order valence-corrected chi connectivity index (χ1v) is 10.2. The van der Waals surface area contributed by atoms with Gasteiger partial charge in [0.15, 0.2) is 0 Å². The molecule has 4 rings (SSSR count). The first-order valence-electron chi connectivity index (χ1n) is 10.2. The number of benzene rings is 1. The maximum Gasteiger partial charge on any atom is 0.416 e. The molecule has 4 nitrogen and oxygen atoms in total. The van der Waals surface area contributed by atoms with Gasteiger partial charge in [0.1, 0.15) is 11.9 Å². The van der Waals surface area contributed by atoms with Crippen molar-refractivity contribution in [3.63, 3.8) is 0 Å². The van der Waals surface area contributed by atoms with Crippen LogP contribution in [0.3, 0.4) is 0 Å². The largest absolute Gasteiger partial charge is 0.490 e. The average Bonchev–Trinajstić information content (AvgIpc) is 2.73. The van der Waals surface area contributed by atoms with Gasteiger partial charge in [0.25, 0.3) is 0 Å². The van der Waals surface area contributed by atoms with Crippen molar-refractivity contribution in [3.8, 4) is 5.75 Å². The van der Waals surface area contributed by atoms with Crippen LogP contribution in [0.25, 0.3) is 10.9 Å². The van der Waals surface area contributed by atoms with Gasteiger partial charge in [-0.3, -0.25) is 9.97 Å². The lowest BCUT2D eigenvalue weighted by Gasteiger charge is -2.32. The van der Waals surface area contributed by atoms with Gasteiger partial charge in [-0.2, -0.15) is 13.2 Å². The Hall–Kier alpha value is -2.67. The molecule has 1 aromatic carbocycles. The Labute approximate surface area is 173 Å². The number of hydrogen-bond donors (Lipinski definition) is 0. The van der Waals surface area contributed by atoms with Gasteiger partial charge in [0.05, 0.1) is 11.1 Å². The zero-order chi connectivity index (χ0) is 21.1. The molecule has 158 valence electrons. The van der Waals surface area contributed by atoms with E-state index in [9.17, 15) is 13.2 Å². The lowest BCUT2D eigenvalue weighted by molar-refractivity contribution is -0.137. The molecule has 0 saturated carbocycles. The molecule has 0 bridgehead atoms. The molecule has 0 spiro atoms. The highest BCUT2D eigenvalue weighted by atomic mass is 19.4. The molecule has 0 amide bonds. The second-order valence-electron chi connectivity index (χ2n) is 7.70. The number of aryl methyl sites for hydroxylation is 1. The monoisotopic (exact) mass is 415 g/mol. The van der Waals surface area contributed by atoms with E-state index >= 15 is 0 Å². The molecule has 1 aliphatic heterocycles. The van der Waals surface area contributed by atoms with E-state index in [4.69, 9.17) is 9.72 Å². The van der Waals surface area contributed by atoms with Gasteiger partial charge in [0.2, 0.25) is 0 Å². The van der Waals surface area contributed by atoms with E-state index in [2.05, 4.69) is 22.0 Å². The number of pyridine rings is 2. The number of alkyl halides is 3. The van der Waals surface area contributed by atoms with Crippen LogP contribution in [0.5, 0.6) is 5.75 Å². The van der Waals surface area contributed by atoms with Crippen molar-refractivity contribution in [2.45, 2.75) is 38.5 Å². The van der Waals surface area contributed by atoms with E-state index in [1.807, 2.05) is 13.0 Å². The number of halogens is 3. The standard InChI is InChI=1S/C23H24F3N3O/c1-16-21-7-4-18(28-22(21)8-12-27-16)9-13-29-14-10-20(11-15-29)30-19-5-2-17(3-6-19)23(24,25)26/h2-8,12,20H,9-11,13-15H2,1H3. The van der Waals surface area contributed by atoms with Crippen LogP contribution in [-0.4, -0.2) is 40.6 Å². The summed E-state index contributed by atoms with van der Waals surface area (Å²) in [5.41, 5.74) is 2.37. The van der Waals surface area contributed by atoms with E-state index in [0.717, 1.165) is 73.3 Å². The van der Waals surface area contributed by atoms with E-state index in [0.29, 0.717) is 5.75 Å². The Morgan fingerprint density at radius 1 is 1.03 bits per heavy atom. The van der Waals surface area contributed by atoms with Gasteiger partial charge < -0.3 is 9.64 Å². The Morgan fingerprint density at radius 2 is 1.77 bits per heavy atom. The van der Waals surface area contributed by atoms with Crippen molar-refractivity contribution in [2.75, 3.05) is 19.6 Å². The third-order valence-corrected chi connectivity index (χ3v) is 5.58. The highest BCUT2D eigenvalue weighted by Crippen LogP contribution is 2.30. The molecule has 0 unspecified atom stereocenters. The number of nitrogens with zero attached hydrogens (tertiary/aromatic N) is 3. The predicted molar refractivity (Wildman–Crippen MR) is 110 cm³/mol. The molecule has 0 atom stereocenters. The number of aromatic nitrogens is 2. The molecular formula is C23H24F3N3O. The van der Waals surface area contributed by atoms with Gasteiger partial charge >= 0.3 is 6.18 Å². The molecule has 0 N–H and O–H groups in total. The molecule has 0 aliphatic carbocycles. The molecule has 0 radical (unpaired) electrons. The van der Waals surface area contributed by atoms with Crippen LogP contribution in [0.15, 0.2) is 48.7 Å². The average molecular weight is 415 g/mol. The maximum atomic E-state index is 12.7. The number of piperidine rings is 1. The van der Waals surface area contributed by atoms with Gasteiger partial charge in [-0.25, -0.2) is 0 Å². The number of likely N-dealkylation sites (tertiary alicyclic amines) is 1. The SMILES string of the molecule is Cc1nccc2nc(CCN3CCC(Oc4ccc(C(F)(F)F)cc4)CC3)ccc12. The number of fused-ring (bicyclic) bond motifs is 1. The quantitative estimate of drug-likeness (QED) is 0.585. The van der Waals surface area contributed by atoms with Gasteiger partial charge in [0, 0.05) is 49.0 Å². The van der Waals surface area contributed by atoms with Crippen LogP contribution < -0.4 is 4.74 Å². The van der Waals surface area contributed by atoms with Crippen LogP contribution in [0.1, 0.15) is 29.8 Å². The summed E-state index contributed by atoms with van der Waals surface area (Å²) >= 11 is 0. The Bertz CT molecular complexity index is 997. The van der Waals surface area contributed by atoms with Crippen LogP contribution in [-0.2, 0) is 12.6 Å². The fraction of sp³-hybridized carbons (Fsp3) is 0.391. The normalized spacial score (nSPS) is 16.1. The third-order valence-electron chi connectivity index (χ3n) is 5.58. The van der Waals surface area contributed by atoms with E-state index in [-0.39, 0.29) is 6.10 Å². The fourth-order valence-corrected chi connectivity index (χ4v) is 3.82. The summed E-state index contributed by atoms with van der Waals surface area (Å²) in [4.78, 5) is 11.4. The lowest BCUT2D eigenvalue weighted by Crippen LogP contribution is -2.39. The highest BCUT2D eigenvalue weighted by molar-refractivity contribution is 5.80. The van der Waals surface area contributed by atoms with Crippen molar-refractivity contribution in [1.82, 2.24) is 14.9 Å². The molecule has 2 aromatic heterocycles. The molecular weight excluding hydrogens is 391 g/mol. The van der Waals surface area contributed by atoms with E-state index in [1.54, 1.807) is 6.20 Å². The fourth-order valence-electron chi connectivity index (χ4n) is 3.82. The van der Waals surface area contributed by atoms with Crippen molar-refractivity contribution in [1.29, 1.82) is 0 Å². The van der Waals surface area contributed by atoms with Crippen molar-refractivity contribution >= 4 is 10.9 Å². The minimum Gasteiger partial charge on any atom is -0.490 e. The van der Waals surface area contributed by atoms with Gasteiger partial charge in [-0.15, -0.1) is 0 Å². The molecule has 3 aromatic rings. The summed E-state index contributed by atoms with van der Waals surface area (Å²) < 4.78 is 43.9.